The van der Waals surface area contributed by atoms with Crippen molar-refractivity contribution in [1.82, 2.24) is 0 Å². The summed E-state index contributed by atoms with van der Waals surface area (Å²) in [4.78, 5) is -3.31. The highest BCUT2D eigenvalue weighted by Gasteiger charge is 2.62. The van der Waals surface area contributed by atoms with Gasteiger partial charge in [-0.05, 0) is 0 Å². The van der Waals surface area contributed by atoms with Crippen molar-refractivity contribution >= 4 is 10.1 Å². The van der Waals surface area contributed by atoms with Crippen LogP contribution in [0.3, 0.4) is 0 Å². The SMILES string of the molecule is O=S(=O)(O)[C@@]1(O)[C@H](O)[C@@H](O)[C@H](O)O[C@@H]1CO. The van der Waals surface area contributed by atoms with Crippen LogP contribution in [0.4, 0.5) is 0 Å². The van der Waals surface area contributed by atoms with Crippen LogP contribution in [0.25, 0.3) is 0 Å². The Kier molecular flexibility index (Phi) is 3.57. The van der Waals surface area contributed by atoms with Crippen LogP contribution in [-0.4, -0.2) is 74.6 Å². The maximum atomic E-state index is 10.9. The number of aliphatic hydroxyl groups excluding tert-OH is 4. The largest absolute Gasteiger partial charge is 0.394 e. The van der Waals surface area contributed by atoms with Crippen LogP contribution >= 0.6 is 0 Å². The summed E-state index contributed by atoms with van der Waals surface area (Å²) in [5.41, 5.74) is 0. The second kappa shape index (κ2) is 4.16. The number of hydrogen-bond acceptors (Lipinski definition) is 8. The molecule has 1 rings (SSSR count). The minimum Gasteiger partial charge on any atom is -0.394 e. The summed E-state index contributed by atoms with van der Waals surface area (Å²) < 4.78 is 34.9. The van der Waals surface area contributed by atoms with Crippen LogP contribution < -0.4 is 0 Å². The van der Waals surface area contributed by atoms with E-state index in [2.05, 4.69) is 4.74 Å². The van der Waals surface area contributed by atoms with Crippen LogP contribution in [0.2, 0.25) is 0 Å². The fraction of sp³-hybridized carbons (Fsp3) is 1.00. The normalized spacial score (nSPS) is 45.6. The molecule has 96 valence electrons. The Balaban J connectivity index is 3.22. The first-order valence-electron chi connectivity index (χ1n) is 4.16. The van der Waals surface area contributed by atoms with Crippen molar-refractivity contribution in [3.63, 3.8) is 0 Å². The van der Waals surface area contributed by atoms with Crippen molar-refractivity contribution in [2.45, 2.75) is 29.5 Å². The highest BCUT2D eigenvalue weighted by molar-refractivity contribution is 7.87. The predicted octanol–water partition coefficient (Wildman–Crippen LogP) is -4.01. The van der Waals surface area contributed by atoms with Crippen molar-refractivity contribution in [3.05, 3.63) is 0 Å². The summed E-state index contributed by atoms with van der Waals surface area (Å²) in [6, 6.07) is 0. The molecule has 6 N–H and O–H groups in total. The van der Waals surface area contributed by atoms with E-state index < -0.39 is 46.3 Å². The predicted molar refractivity (Wildman–Crippen MR) is 46.5 cm³/mol. The van der Waals surface area contributed by atoms with Gasteiger partial charge in [-0.25, -0.2) is 0 Å². The number of aliphatic hydroxyl groups is 5. The molecular weight excluding hydrogens is 248 g/mol. The number of hydrogen-bond donors (Lipinski definition) is 6. The average molecular weight is 260 g/mol. The maximum Gasteiger partial charge on any atom is 0.300 e. The first-order chi connectivity index (χ1) is 7.16. The summed E-state index contributed by atoms with van der Waals surface area (Å²) in [5.74, 6) is 0. The standard InChI is InChI=1S/C6H12O9S/c7-1-2-6(11,16(12,13)14)4(9)3(8)5(10)15-2/h2-5,7-11H,1H2,(H,12,13,14)/t2-,3-,4-,5-,6-/m1/s1. The molecule has 1 heterocycles. The lowest BCUT2D eigenvalue weighted by Gasteiger charge is -2.43. The Bertz CT molecular complexity index is 349. The van der Waals surface area contributed by atoms with Crippen LogP contribution in [0.5, 0.6) is 0 Å². The second-order valence-electron chi connectivity index (χ2n) is 3.36. The van der Waals surface area contributed by atoms with E-state index >= 15 is 0 Å². The van der Waals surface area contributed by atoms with Gasteiger partial charge in [0.25, 0.3) is 0 Å². The smallest absolute Gasteiger partial charge is 0.300 e. The van der Waals surface area contributed by atoms with Gasteiger partial charge >= 0.3 is 10.1 Å². The van der Waals surface area contributed by atoms with Gasteiger partial charge in [-0.1, -0.05) is 0 Å². The van der Waals surface area contributed by atoms with Gasteiger partial charge < -0.3 is 30.3 Å². The van der Waals surface area contributed by atoms with E-state index in [0.29, 0.717) is 0 Å². The van der Waals surface area contributed by atoms with Gasteiger partial charge in [-0.2, -0.15) is 8.42 Å². The molecule has 1 saturated heterocycles. The third kappa shape index (κ3) is 1.83. The molecule has 0 amide bonds. The third-order valence-electron chi connectivity index (χ3n) is 2.38. The van der Waals surface area contributed by atoms with E-state index in [4.69, 9.17) is 19.9 Å². The summed E-state index contributed by atoms with van der Waals surface area (Å²) in [6.45, 7) is -1.10. The Labute approximate surface area is 90.3 Å². The lowest BCUT2D eigenvalue weighted by molar-refractivity contribution is -0.299. The lowest BCUT2D eigenvalue weighted by atomic mass is 9.98. The van der Waals surface area contributed by atoms with Crippen LogP contribution in [0, 0.1) is 0 Å². The molecule has 0 saturated carbocycles. The van der Waals surface area contributed by atoms with Gasteiger partial charge in [0.1, 0.15) is 18.3 Å². The second-order valence-corrected chi connectivity index (χ2v) is 4.96. The zero-order valence-corrected chi connectivity index (χ0v) is 8.65. The van der Waals surface area contributed by atoms with E-state index in [0.717, 1.165) is 0 Å². The number of ether oxygens (including phenoxy) is 1. The van der Waals surface area contributed by atoms with E-state index in [1.165, 1.54) is 0 Å². The van der Waals surface area contributed by atoms with E-state index in [1.54, 1.807) is 0 Å². The highest BCUT2D eigenvalue weighted by Crippen LogP contribution is 2.32. The summed E-state index contributed by atoms with van der Waals surface area (Å²) in [6.07, 6.45) is -8.55. The molecule has 0 aromatic rings. The van der Waals surface area contributed by atoms with Gasteiger partial charge in [0, 0.05) is 0 Å². The molecule has 1 fully saturated rings. The molecule has 0 aromatic carbocycles. The molecule has 16 heavy (non-hydrogen) atoms. The van der Waals surface area contributed by atoms with Crippen molar-refractivity contribution in [1.29, 1.82) is 0 Å². The van der Waals surface area contributed by atoms with Gasteiger partial charge in [-0.15, -0.1) is 0 Å². The Morgan fingerprint density at radius 2 is 1.75 bits per heavy atom. The fourth-order valence-corrected chi connectivity index (χ4v) is 2.34. The Morgan fingerprint density at radius 3 is 2.12 bits per heavy atom. The third-order valence-corrected chi connectivity index (χ3v) is 3.71. The first-order valence-corrected chi connectivity index (χ1v) is 5.60. The van der Waals surface area contributed by atoms with Gasteiger partial charge in [0.2, 0.25) is 4.93 Å². The van der Waals surface area contributed by atoms with Crippen molar-refractivity contribution in [2.24, 2.45) is 0 Å². The van der Waals surface area contributed by atoms with Gasteiger partial charge in [-0.3, -0.25) is 4.55 Å². The fourth-order valence-electron chi connectivity index (χ4n) is 1.43. The minimum atomic E-state index is -5.24. The molecule has 10 heteroatoms. The summed E-state index contributed by atoms with van der Waals surface area (Å²) in [5, 5.41) is 45.8. The lowest BCUT2D eigenvalue weighted by Crippen LogP contribution is -2.69. The monoisotopic (exact) mass is 260 g/mol. The molecule has 0 unspecified atom stereocenters. The van der Waals surface area contributed by atoms with Gasteiger partial charge in [0.15, 0.2) is 6.29 Å². The van der Waals surface area contributed by atoms with E-state index in [1.807, 2.05) is 0 Å². The summed E-state index contributed by atoms with van der Waals surface area (Å²) in [7, 11) is -5.24. The van der Waals surface area contributed by atoms with Crippen molar-refractivity contribution < 1.29 is 43.2 Å². The van der Waals surface area contributed by atoms with E-state index in [9.17, 15) is 18.6 Å². The Morgan fingerprint density at radius 1 is 1.25 bits per heavy atom. The molecule has 5 atom stereocenters. The van der Waals surface area contributed by atoms with Crippen LogP contribution in [-0.2, 0) is 14.9 Å². The molecule has 0 radical (unpaired) electrons. The molecule has 9 nitrogen and oxygen atoms in total. The highest BCUT2D eigenvalue weighted by atomic mass is 32.2. The van der Waals surface area contributed by atoms with Gasteiger partial charge in [0.05, 0.1) is 6.61 Å². The quantitative estimate of drug-likeness (QED) is 0.271. The average Bonchev–Trinajstić information content (AvgIpc) is 2.18. The zero-order chi connectivity index (χ0) is 12.7. The zero-order valence-electron chi connectivity index (χ0n) is 7.83. The summed E-state index contributed by atoms with van der Waals surface area (Å²) >= 11 is 0. The molecule has 0 aromatic heterocycles. The number of rotatable bonds is 2. The van der Waals surface area contributed by atoms with E-state index in [-0.39, 0.29) is 0 Å². The van der Waals surface area contributed by atoms with Crippen LogP contribution in [0.1, 0.15) is 0 Å². The van der Waals surface area contributed by atoms with Crippen molar-refractivity contribution in [3.8, 4) is 0 Å². The molecular formula is C6H12O9S. The minimum absolute atomic E-state index is 1.10. The first kappa shape index (κ1) is 13.7. The Hall–Kier alpha value is -0.330. The van der Waals surface area contributed by atoms with Crippen molar-refractivity contribution in [2.75, 3.05) is 6.61 Å². The molecule has 1 aliphatic heterocycles. The molecule has 0 spiro atoms. The molecule has 0 aliphatic carbocycles. The maximum absolute atomic E-state index is 10.9. The van der Waals surface area contributed by atoms with Crippen LogP contribution in [0.15, 0.2) is 0 Å². The topological polar surface area (TPSA) is 165 Å². The molecule has 1 aliphatic rings. The molecule has 0 bridgehead atoms.